The second-order valence-electron chi connectivity index (χ2n) is 6.59. The average molecular weight is 470 g/mol. The average Bonchev–Trinajstić information content (AvgIpc) is 3.14. The molecule has 1 aromatic heterocycles. The molecule has 0 fully saturated rings. The van der Waals surface area contributed by atoms with E-state index < -0.39 is 0 Å². The lowest BCUT2D eigenvalue weighted by molar-refractivity contribution is -0.120. The van der Waals surface area contributed by atoms with Crippen molar-refractivity contribution < 1.29 is 18.8 Å². The summed E-state index contributed by atoms with van der Waals surface area (Å²) in [6, 6.07) is 17.5. The zero-order chi connectivity index (χ0) is 21.5. The van der Waals surface area contributed by atoms with Crippen LogP contribution in [0.3, 0.4) is 0 Å². The molecule has 0 unspecified atom stereocenters. The summed E-state index contributed by atoms with van der Waals surface area (Å²) in [5, 5.41) is 8.31. The van der Waals surface area contributed by atoms with Crippen molar-refractivity contribution in [2.45, 2.75) is 19.9 Å². The Balaban J connectivity index is 1.49. The standard InChI is InChI=1S/C22H20BrN3O4/c1-14(27)25-18-4-2-3-16(11-18)13-24-21(28)12-15-5-7-17(8-6-15)26-22(29)19-9-10-20(23)30-19/h2-11H,12-13H2,1H3,(H,24,28)(H,25,27)(H,26,29). The van der Waals surface area contributed by atoms with E-state index in [2.05, 4.69) is 31.9 Å². The molecule has 0 radical (unpaired) electrons. The molecule has 0 spiro atoms. The second-order valence-corrected chi connectivity index (χ2v) is 7.37. The van der Waals surface area contributed by atoms with Crippen molar-refractivity contribution in [3.05, 3.63) is 82.2 Å². The number of hydrogen-bond acceptors (Lipinski definition) is 4. The monoisotopic (exact) mass is 469 g/mol. The molecule has 2 aromatic carbocycles. The molecule has 0 aliphatic carbocycles. The first-order valence-corrected chi connectivity index (χ1v) is 9.97. The lowest BCUT2D eigenvalue weighted by Gasteiger charge is -2.08. The van der Waals surface area contributed by atoms with Gasteiger partial charge in [0.05, 0.1) is 6.42 Å². The molecular weight excluding hydrogens is 450 g/mol. The minimum Gasteiger partial charge on any atom is -0.444 e. The molecule has 0 aliphatic rings. The summed E-state index contributed by atoms with van der Waals surface area (Å²) in [5.74, 6) is -0.425. The first-order chi connectivity index (χ1) is 14.4. The number of nitrogens with one attached hydrogen (secondary N) is 3. The summed E-state index contributed by atoms with van der Waals surface area (Å²) in [6.07, 6.45) is 0.213. The molecule has 154 valence electrons. The van der Waals surface area contributed by atoms with Gasteiger partial charge in [0.2, 0.25) is 11.8 Å². The van der Waals surface area contributed by atoms with Crippen molar-refractivity contribution >= 4 is 45.0 Å². The topological polar surface area (TPSA) is 100 Å². The van der Waals surface area contributed by atoms with E-state index in [1.807, 2.05) is 18.2 Å². The number of carbonyl (C=O) groups is 3. The van der Waals surface area contributed by atoms with E-state index in [-0.39, 0.29) is 29.9 Å². The van der Waals surface area contributed by atoms with E-state index in [0.717, 1.165) is 11.1 Å². The zero-order valence-electron chi connectivity index (χ0n) is 16.2. The maximum Gasteiger partial charge on any atom is 0.291 e. The Morgan fingerprint density at radius 3 is 2.33 bits per heavy atom. The van der Waals surface area contributed by atoms with Crippen molar-refractivity contribution in [1.82, 2.24) is 5.32 Å². The van der Waals surface area contributed by atoms with Gasteiger partial charge in [0.15, 0.2) is 10.4 Å². The Bertz CT molecular complexity index is 1060. The maximum absolute atomic E-state index is 12.2. The zero-order valence-corrected chi connectivity index (χ0v) is 17.8. The molecule has 7 nitrogen and oxygen atoms in total. The Morgan fingerprint density at radius 1 is 0.900 bits per heavy atom. The van der Waals surface area contributed by atoms with Crippen molar-refractivity contribution in [3.63, 3.8) is 0 Å². The van der Waals surface area contributed by atoms with Crippen LogP contribution in [0.1, 0.15) is 28.6 Å². The summed E-state index contributed by atoms with van der Waals surface area (Å²) in [5.41, 5.74) is 3.00. The number of amides is 3. The summed E-state index contributed by atoms with van der Waals surface area (Å²) in [6.45, 7) is 1.81. The predicted molar refractivity (Wildman–Crippen MR) is 117 cm³/mol. The first kappa shape index (κ1) is 21.3. The lowest BCUT2D eigenvalue weighted by Crippen LogP contribution is -2.24. The van der Waals surface area contributed by atoms with E-state index in [1.54, 1.807) is 42.5 Å². The van der Waals surface area contributed by atoms with Gasteiger partial charge in [-0.25, -0.2) is 0 Å². The van der Waals surface area contributed by atoms with Crippen molar-refractivity contribution in [3.8, 4) is 0 Å². The van der Waals surface area contributed by atoms with Gasteiger partial charge in [-0.3, -0.25) is 14.4 Å². The van der Waals surface area contributed by atoms with Crippen molar-refractivity contribution in [1.29, 1.82) is 0 Å². The number of carbonyl (C=O) groups excluding carboxylic acids is 3. The fourth-order valence-corrected chi connectivity index (χ4v) is 3.05. The van der Waals surface area contributed by atoms with E-state index in [9.17, 15) is 14.4 Å². The quantitative estimate of drug-likeness (QED) is 0.484. The molecule has 3 amide bonds. The summed E-state index contributed by atoms with van der Waals surface area (Å²) in [7, 11) is 0. The summed E-state index contributed by atoms with van der Waals surface area (Å²) >= 11 is 3.16. The van der Waals surface area contributed by atoms with Crippen LogP contribution in [0.2, 0.25) is 0 Å². The minimum absolute atomic E-state index is 0.128. The van der Waals surface area contributed by atoms with Gasteiger partial charge >= 0.3 is 0 Å². The van der Waals surface area contributed by atoms with Crippen LogP contribution < -0.4 is 16.0 Å². The number of rotatable bonds is 7. The van der Waals surface area contributed by atoms with Gasteiger partial charge < -0.3 is 20.4 Å². The highest BCUT2D eigenvalue weighted by Crippen LogP contribution is 2.17. The molecule has 1 heterocycles. The number of benzene rings is 2. The SMILES string of the molecule is CC(=O)Nc1cccc(CNC(=O)Cc2ccc(NC(=O)c3ccc(Br)o3)cc2)c1. The molecule has 0 saturated carbocycles. The highest BCUT2D eigenvalue weighted by molar-refractivity contribution is 9.10. The normalized spacial score (nSPS) is 10.3. The summed E-state index contributed by atoms with van der Waals surface area (Å²) in [4.78, 5) is 35.5. The van der Waals surface area contributed by atoms with Gasteiger partial charge in [0.1, 0.15) is 0 Å². The van der Waals surface area contributed by atoms with E-state index in [1.165, 1.54) is 6.92 Å². The van der Waals surface area contributed by atoms with Crippen LogP contribution in [0.25, 0.3) is 0 Å². The Labute approximate surface area is 182 Å². The molecular formula is C22H20BrN3O4. The van der Waals surface area contributed by atoms with Crippen molar-refractivity contribution in [2.75, 3.05) is 10.6 Å². The largest absolute Gasteiger partial charge is 0.444 e. The number of anilines is 2. The van der Waals surface area contributed by atoms with E-state index >= 15 is 0 Å². The van der Waals surface area contributed by atoms with Crippen LogP contribution in [0.15, 0.2) is 69.8 Å². The van der Waals surface area contributed by atoms with Crippen LogP contribution in [-0.2, 0) is 22.6 Å². The third-order valence-corrected chi connectivity index (χ3v) is 4.54. The minimum atomic E-state index is -0.354. The molecule has 3 aromatic rings. The summed E-state index contributed by atoms with van der Waals surface area (Å²) < 4.78 is 5.70. The second kappa shape index (κ2) is 9.89. The highest BCUT2D eigenvalue weighted by atomic mass is 79.9. The van der Waals surface area contributed by atoms with Crippen LogP contribution in [0, 0.1) is 0 Å². The van der Waals surface area contributed by atoms with Crippen LogP contribution in [0.5, 0.6) is 0 Å². The molecule has 0 saturated heterocycles. The Kier molecular flexibility index (Phi) is 7.03. The maximum atomic E-state index is 12.2. The van der Waals surface area contributed by atoms with Gasteiger partial charge in [0, 0.05) is 24.8 Å². The lowest BCUT2D eigenvalue weighted by atomic mass is 10.1. The molecule has 0 bridgehead atoms. The number of hydrogen-bond donors (Lipinski definition) is 3. The first-order valence-electron chi connectivity index (χ1n) is 9.18. The third-order valence-electron chi connectivity index (χ3n) is 4.11. The van der Waals surface area contributed by atoms with E-state index in [0.29, 0.717) is 22.6 Å². The van der Waals surface area contributed by atoms with Gasteiger partial charge in [-0.05, 0) is 63.5 Å². The van der Waals surface area contributed by atoms with Crippen molar-refractivity contribution in [2.24, 2.45) is 0 Å². The van der Waals surface area contributed by atoms with Crippen LogP contribution in [0.4, 0.5) is 11.4 Å². The molecule has 3 rings (SSSR count). The molecule has 0 aliphatic heterocycles. The molecule has 3 N–H and O–H groups in total. The van der Waals surface area contributed by atoms with Crippen LogP contribution >= 0.6 is 15.9 Å². The third kappa shape index (κ3) is 6.31. The smallest absolute Gasteiger partial charge is 0.291 e. The van der Waals surface area contributed by atoms with Gasteiger partial charge in [-0.2, -0.15) is 0 Å². The van der Waals surface area contributed by atoms with Crippen LogP contribution in [-0.4, -0.2) is 17.7 Å². The fraction of sp³-hybridized carbons (Fsp3) is 0.136. The van der Waals surface area contributed by atoms with Gasteiger partial charge in [0.25, 0.3) is 5.91 Å². The predicted octanol–water partition coefficient (Wildman–Crippen LogP) is 4.11. The molecule has 30 heavy (non-hydrogen) atoms. The Hall–Kier alpha value is -3.39. The molecule has 0 atom stereocenters. The fourth-order valence-electron chi connectivity index (χ4n) is 2.75. The van der Waals surface area contributed by atoms with Gasteiger partial charge in [-0.15, -0.1) is 0 Å². The highest BCUT2D eigenvalue weighted by Gasteiger charge is 2.11. The van der Waals surface area contributed by atoms with E-state index in [4.69, 9.17) is 4.42 Å². The number of furan rings is 1. The van der Waals surface area contributed by atoms with Gasteiger partial charge in [-0.1, -0.05) is 24.3 Å². The molecule has 8 heteroatoms. The number of halogens is 1. The Morgan fingerprint density at radius 2 is 1.67 bits per heavy atom.